The van der Waals surface area contributed by atoms with Gasteiger partial charge in [0.2, 0.25) is 4.58 Å². The average molecular weight is 219 g/mol. The van der Waals surface area contributed by atoms with E-state index in [1.807, 2.05) is 0 Å². The maximum atomic E-state index is 10.7. The molecule has 0 saturated carbocycles. The first kappa shape index (κ1) is 11.8. The highest BCUT2D eigenvalue weighted by Crippen LogP contribution is 2.07. The second kappa shape index (κ2) is 3.66. The topological polar surface area (TPSA) is 124 Å². The predicted octanol–water partition coefficient (Wildman–Crippen LogP) is -1.86. The highest BCUT2D eigenvalue weighted by atomic mass is 32.3. The summed E-state index contributed by atoms with van der Waals surface area (Å²) in [6.45, 7) is -0.755. The lowest BCUT2D eigenvalue weighted by molar-refractivity contribution is 0.390. The molecule has 0 heterocycles. The summed E-state index contributed by atoms with van der Waals surface area (Å²) in [7, 11) is -8.27. The number of nitrogens with two attached hydrogens (primary N) is 1. The van der Waals surface area contributed by atoms with E-state index in [2.05, 4.69) is 4.18 Å². The van der Waals surface area contributed by atoms with Gasteiger partial charge in [-0.25, -0.2) is 0 Å². The van der Waals surface area contributed by atoms with E-state index < -0.39 is 31.4 Å². The van der Waals surface area contributed by atoms with Crippen LogP contribution in [0.1, 0.15) is 0 Å². The van der Waals surface area contributed by atoms with Crippen molar-refractivity contribution in [1.82, 2.24) is 0 Å². The van der Waals surface area contributed by atoms with Crippen molar-refractivity contribution in [3.8, 4) is 0 Å². The molecule has 0 aromatic carbocycles. The molecule has 0 aliphatic heterocycles. The molecule has 0 aromatic heterocycles. The molecule has 0 fully saturated rings. The Bertz CT molecular complexity index is 328. The molecule has 3 N–H and O–H groups in total. The van der Waals surface area contributed by atoms with Crippen molar-refractivity contribution in [2.24, 2.45) is 5.73 Å². The molecule has 0 aliphatic rings. The van der Waals surface area contributed by atoms with E-state index in [0.717, 1.165) is 7.11 Å². The predicted molar refractivity (Wildman–Crippen MR) is 40.3 cm³/mol. The Hall–Kier alpha value is -0.220. The molecule has 74 valence electrons. The van der Waals surface area contributed by atoms with Crippen molar-refractivity contribution in [3.05, 3.63) is 0 Å². The summed E-state index contributed by atoms with van der Waals surface area (Å²) < 4.78 is 52.4. The minimum absolute atomic E-state index is 0.755. The van der Waals surface area contributed by atoms with Gasteiger partial charge in [0.05, 0.1) is 7.11 Å². The van der Waals surface area contributed by atoms with Crippen molar-refractivity contribution >= 4 is 20.2 Å². The van der Waals surface area contributed by atoms with E-state index >= 15 is 0 Å². The monoisotopic (exact) mass is 219 g/mol. The summed E-state index contributed by atoms with van der Waals surface area (Å²) in [4.78, 5) is 0. The fraction of sp³-hybridized carbons (Fsp3) is 1.00. The normalized spacial score (nSPS) is 15.9. The van der Waals surface area contributed by atoms with E-state index in [1.165, 1.54) is 0 Å². The van der Waals surface area contributed by atoms with Gasteiger partial charge in [-0.05, 0) is 0 Å². The molecular formula is C3H9NO6S2. The van der Waals surface area contributed by atoms with Gasteiger partial charge in [0, 0.05) is 6.54 Å². The van der Waals surface area contributed by atoms with E-state index in [9.17, 15) is 16.8 Å². The summed E-state index contributed by atoms with van der Waals surface area (Å²) in [5.74, 6) is 0. The summed E-state index contributed by atoms with van der Waals surface area (Å²) in [5.41, 5.74) is 4.82. The minimum Gasteiger partial charge on any atom is -0.328 e. The quantitative estimate of drug-likeness (QED) is 0.419. The molecule has 0 rings (SSSR count). The molecule has 0 saturated heterocycles. The molecule has 0 spiro atoms. The average Bonchev–Trinajstić information content (AvgIpc) is 1.85. The highest BCUT2D eigenvalue weighted by Gasteiger charge is 2.35. The van der Waals surface area contributed by atoms with E-state index in [0.29, 0.717) is 0 Å². The molecule has 0 bridgehead atoms. The van der Waals surface area contributed by atoms with Gasteiger partial charge in [0.25, 0.3) is 20.2 Å². The smallest absolute Gasteiger partial charge is 0.288 e. The molecule has 1 unspecified atom stereocenters. The largest absolute Gasteiger partial charge is 0.328 e. The van der Waals surface area contributed by atoms with Crippen LogP contribution < -0.4 is 5.73 Å². The second-order valence-corrected chi connectivity index (χ2v) is 5.63. The Morgan fingerprint density at radius 3 is 1.92 bits per heavy atom. The fourth-order valence-electron chi connectivity index (χ4n) is 0.496. The van der Waals surface area contributed by atoms with Gasteiger partial charge in [0.1, 0.15) is 0 Å². The third kappa shape index (κ3) is 2.68. The van der Waals surface area contributed by atoms with E-state index in [-0.39, 0.29) is 0 Å². The summed E-state index contributed by atoms with van der Waals surface area (Å²) >= 11 is 0. The lowest BCUT2D eigenvalue weighted by Gasteiger charge is -2.09. The van der Waals surface area contributed by atoms with Crippen LogP contribution in [0.15, 0.2) is 0 Å². The first-order valence-electron chi connectivity index (χ1n) is 2.71. The SMILES string of the molecule is COS(=O)(=O)C(CN)S(=O)(=O)O. The minimum atomic E-state index is -4.72. The van der Waals surface area contributed by atoms with Crippen LogP contribution in [0.4, 0.5) is 0 Å². The van der Waals surface area contributed by atoms with Crippen molar-refractivity contribution in [3.63, 3.8) is 0 Å². The van der Waals surface area contributed by atoms with E-state index in [4.69, 9.17) is 10.3 Å². The molecule has 0 radical (unpaired) electrons. The summed E-state index contributed by atoms with van der Waals surface area (Å²) in [6.07, 6.45) is 0. The lowest BCUT2D eigenvalue weighted by atomic mass is 10.8. The van der Waals surface area contributed by atoms with Crippen LogP contribution in [0.5, 0.6) is 0 Å². The zero-order chi connectivity index (χ0) is 9.99. The first-order valence-corrected chi connectivity index (χ1v) is 5.69. The van der Waals surface area contributed by atoms with Crippen LogP contribution in [0.25, 0.3) is 0 Å². The lowest BCUT2D eigenvalue weighted by Crippen LogP contribution is -2.37. The molecule has 7 nitrogen and oxygen atoms in total. The molecule has 0 amide bonds. The molecule has 12 heavy (non-hydrogen) atoms. The van der Waals surface area contributed by atoms with Gasteiger partial charge < -0.3 is 5.73 Å². The van der Waals surface area contributed by atoms with Gasteiger partial charge in [-0.2, -0.15) is 16.8 Å². The van der Waals surface area contributed by atoms with Gasteiger partial charge in [0.15, 0.2) is 0 Å². The van der Waals surface area contributed by atoms with Crippen LogP contribution in [0, 0.1) is 0 Å². The van der Waals surface area contributed by atoms with Crippen LogP contribution in [-0.2, 0) is 24.4 Å². The Balaban J connectivity index is 5.10. The van der Waals surface area contributed by atoms with Gasteiger partial charge in [-0.1, -0.05) is 0 Å². The highest BCUT2D eigenvalue weighted by molar-refractivity contribution is 8.04. The van der Waals surface area contributed by atoms with Crippen molar-refractivity contribution < 1.29 is 25.6 Å². The van der Waals surface area contributed by atoms with Crippen molar-refractivity contribution in [2.75, 3.05) is 13.7 Å². The Labute approximate surface area is 70.4 Å². The molecule has 1 atom stereocenters. The Morgan fingerprint density at radius 1 is 1.42 bits per heavy atom. The Kier molecular flexibility index (Phi) is 3.59. The first-order chi connectivity index (χ1) is 5.25. The van der Waals surface area contributed by atoms with Gasteiger partial charge >= 0.3 is 0 Å². The standard InChI is InChI=1S/C3H9NO6S2/c1-10-12(8,9)3(2-4)11(5,6)7/h3H,2,4H2,1H3,(H,5,6,7). The third-order valence-electron chi connectivity index (χ3n) is 1.08. The number of rotatable bonds is 4. The van der Waals surface area contributed by atoms with Crippen LogP contribution in [0.3, 0.4) is 0 Å². The van der Waals surface area contributed by atoms with Crippen LogP contribution >= 0.6 is 0 Å². The maximum absolute atomic E-state index is 10.7. The number of hydrogen-bond donors (Lipinski definition) is 2. The van der Waals surface area contributed by atoms with Crippen LogP contribution in [0.2, 0.25) is 0 Å². The fourth-order valence-corrected chi connectivity index (χ4v) is 2.62. The second-order valence-electron chi connectivity index (χ2n) is 1.84. The van der Waals surface area contributed by atoms with Crippen molar-refractivity contribution in [2.45, 2.75) is 4.58 Å². The van der Waals surface area contributed by atoms with Gasteiger partial charge in [-0.3, -0.25) is 8.74 Å². The van der Waals surface area contributed by atoms with Gasteiger partial charge in [-0.15, -0.1) is 0 Å². The zero-order valence-electron chi connectivity index (χ0n) is 6.17. The third-order valence-corrected chi connectivity index (χ3v) is 4.67. The molecule has 0 aliphatic carbocycles. The molecule has 0 aromatic rings. The Morgan fingerprint density at radius 2 is 1.83 bits per heavy atom. The maximum Gasteiger partial charge on any atom is 0.288 e. The summed E-state index contributed by atoms with van der Waals surface area (Å²) in [6, 6.07) is 0. The summed E-state index contributed by atoms with van der Waals surface area (Å²) in [5, 5.41) is 0. The van der Waals surface area contributed by atoms with Crippen LogP contribution in [-0.4, -0.2) is 39.6 Å². The van der Waals surface area contributed by atoms with Crippen molar-refractivity contribution in [1.29, 1.82) is 0 Å². The zero-order valence-corrected chi connectivity index (χ0v) is 7.80. The number of hydrogen-bond acceptors (Lipinski definition) is 6. The van der Waals surface area contributed by atoms with E-state index in [1.54, 1.807) is 0 Å². The molecule has 9 heteroatoms. The molecular weight excluding hydrogens is 210 g/mol.